The first kappa shape index (κ1) is 17.3. The number of ether oxygens (including phenoxy) is 1. The lowest BCUT2D eigenvalue weighted by Crippen LogP contribution is -2.51. The zero-order valence-electron chi connectivity index (χ0n) is 12.7. The average molecular weight is 330 g/mol. The topological polar surface area (TPSA) is 58.6 Å². The van der Waals surface area contributed by atoms with Crippen molar-refractivity contribution in [2.75, 3.05) is 25.0 Å². The second-order valence-corrected chi connectivity index (χ2v) is 5.36. The van der Waals surface area contributed by atoms with Crippen LogP contribution < -0.4 is 5.32 Å². The molecule has 0 unspecified atom stereocenters. The minimum Gasteiger partial charge on any atom is -0.365 e. The number of morpholine rings is 1. The van der Waals surface area contributed by atoms with Gasteiger partial charge in [-0.05, 0) is 30.7 Å². The molecule has 1 saturated heterocycles. The van der Waals surface area contributed by atoms with Crippen molar-refractivity contribution in [1.82, 2.24) is 4.90 Å². The lowest BCUT2D eigenvalue weighted by molar-refractivity contribution is -0.233. The number of nitrogens with zero attached hydrogens (tertiary/aromatic N) is 1. The summed E-state index contributed by atoms with van der Waals surface area (Å²) in [5, 5.41) is 2.59. The highest BCUT2D eigenvalue weighted by Gasteiger charge is 2.44. The van der Waals surface area contributed by atoms with Gasteiger partial charge in [-0.3, -0.25) is 9.59 Å². The predicted octanol–water partition coefficient (Wildman–Crippen LogP) is 2.36. The molecule has 0 spiro atoms. The van der Waals surface area contributed by atoms with Crippen molar-refractivity contribution >= 4 is 17.5 Å². The maximum atomic E-state index is 12.7. The van der Waals surface area contributed by atoms with E-state index in [0.29, 0.717) is 16.8 Å². The largest absolute Gasteiger partial charge is 0.416 e. The lowest BCUT2D eigenvalue weighted by atomic mass is 10.1. The smallest absolute Gasteiger partial charge is 0.365 e. The third-order valence-electron chi connectivity index (χ3n) is 3.50. The summed E-state index contributed by atoms with van der Waals surface area (Å²) >= 11 is 0. The third-order valence-corrected chi connectivity index (χ3v) is 3.50. The molecule has 1 fully saturated rings. The Bertz CT molecular complexity index is 616. The van der Waals surface area contributed by atoms with Gasteiger partial charge in [-0.15, -0.1) is 0 Å². The Balaban J connectivity index is 2.15. The molecule has 5 nitrogen and oxygen atoms in total. The molecule has 2 amide bonds. The number of alkyl halides is 3. The molecule has 0 bridgehead atoms. The highest BCUT2D eigenvalue weighted by atomic mass is 19.4. The van der Waals surface area contributed by atoms with Crippen LogP contribution >= 0.6 is 0 Å². The van der Waals surface area contributed by atoms with Gasteiger partial charge in [-0.1, -0.05) is 0 Å². The molecule has 23 heavy (non-hydrogen) atoms. The molecule has 1 aliphatic rings. The van der Waals surface area contributed by atoms with Crippen molar-refractivity contribution in [1.29, 1.82) is 0 Å². The number of hydrogen-bond acceptors (Lipinski definition) is 3. The van der Waals surface area contributed by atoms with Crippen molar-refractivity contribution in [2.45, 2.75) is 26.1 Å². The molecule has 126 valence electrons. The van der Waals surface area contributed by atoms with Crippen LogP contribution in [-0.2, 0) is 9.53 Å². The van der Waals surface area contributed by atoms with Crippen molar-refractivity contribution in [3.05, 3.63) is 29.3 Å². The molecule has 0 radical (unpaired) electrons. The van der Waals surface area contributed by atoms with Crippen LogP contribution in [0.5, 0.6) is 0 Å². The third kappa shape index (κ3) is 4.22. The van der Waals surface area contributed by atoms with Gasteiger partial charge in [0.2, 0.25) is 5.91 Å². The van der Waals surface area contributed by atoms with E-state index in [0.717, 1.165) is 4.90 Å². The fourth-order valence-electron chi connectivity index (χ4n) is 2.39. The molecular weight excluding hydrogens is 313 g/mol. The zero-order valence-corrected chi connectivity index (χ0v) is 12.7. The summed E-state index contributed by atoms with van der Waals surface area (Å²) in [6, 6.07) is 4.65. The molecule has 1 aromatic rings. The number of aryl methyl sites for hydroxylation is 1. The number of carbonyl (C=O) groups excluding carboxylic acids is 2. The summed E-state index contributed by atoms with van der Waals surface area (Å²) in [7, 11) is 0. The van der Waals surface area contributed by atoms with Gasteiger partial charge >= 0.3 is 6.18 Å². The second-order valence-electron chi connectivity index (χ2n) is 5.36. The predicted molar refractivity (Wildman–Crippen MR) is 77.2 cm³/mol. The van der Waals surface area contributed by atoms with E-state index in [4.69, 9.17) is 0 Å². The Hall–Kier alpha value is -2.09. The van der Waals surface area contributed by atoms with Gasteiger partial charge in [-0.25, -0.2) is 0 Å². The van der Waals surface area contributed by atoms with E-state index in [1.807, 2.05) is 0 Å². The van der Waals surface area contributed by atoms with Gasteiger partial charge in [0.15, 0.2) is 6.10 Å². The standard InChI is InChI=1S/C15H17F3N2O3/c1-9-7-11(19-10(2)21)3-4-12(9)14(22)20-5-6-23-13(8-20)15(16,17)18/h3-4,7,13H,5-6,8H2,1-2H3,(H,19,21)/t13-/m1/s1. The van der Waals surface area contributed by atoms with E-state index < -0.39 is 24.7 Å². The van der Waals surface area contributed by atoms with Crippen molar-refractivity contribution < 1.29 is 27.5 Å². The Morgan fingerprint density at radius 2 is 2.04 bits per heavy atom. The maximum Gasteiger partial charge on any atom is 0.416 e. The quantitative estimate of drug-likeness (QED) is 0.906. The molecule has 1 atom stereocenters. The van der Waals surface area contributed by atoms with Gasteiger partial charge in [0.1, 0.15) is 0 Å². The van der Waals surface area contributed by atoms with Crippen LogP contribution in [0.1, 0.15) is 22.8 Å². The number of nitrogens with one attached hydrogen (secondary N) is 1. The van der Waals surface area contributed by atoms with Crippen molar-refractivity contribution in [3.8, 4) is 0 Å². The molecule has 0 saturated carbocycles. The summed E-state index contributed by atoms with van der Waals surface area (Å²) in [4.78, 5) is 24.6. The van der Waals surface area contributed by atoms with Gasteiger partial charge in [0, 0.05) is 24.7 Å². The Morgan fingerprint density at radius 3 is 2.61 bits per heavy atom. The van der Waals surface area contributed by atoms with Crippen LogP contribution in [0.3, 0.4) is 0 Å². The number of anilines is 1. The molecule has 8 heteroatoms. The molecule has 1 aliphatic heterocycles. The van der Waals surface area contributed by atoms with Gasteiger partial charge in [0.25, 0.3) is 5.91 Å². The Labute approximate surface area is 131 Å². The minimum atomic E-state index is -4.50. The molecule has 0 aliphatic carbocycles. The van der Waals surface area contributed by atoms with Gasteiger partial charge < -0.3 is 15.0 Å². The minimum absolute atomic E-state index is 0.109. The van der Waals surface area contributed by atoms with Crippen molar-refractivity contribution in [3.63, 3.8) is 0 Å². The monoisotopic (exact) mass is 330 g/mol. The second kappa shape index (κ2) is 6.57. The summed E-state index contributed by atoms with van der Waals surface area (Å²) < 4.78 is 42.9. The number of hydrogen-bond donors (Lipinski definition) is 1. The number of carbonyl (C=O) groups is 2. The van der Waals surface area contributed by atoms with Crippen LogP contribution in [0.25, 0.3) is 0 Å². The highest BCUT2D eigenvalue weighted by Crippen LogP contribution is 2.27. The van der Waals surface area contributed by atoms with Crippen LogP contribution in [0, 0.1) is 6.92 Å². The molecule has 1 aromatic carbocycles. The first-order valence-corrected chi connectivity index (χ1v) is 7.04. The fraction of sp³-hybridized carbons (Fsp3) is 0.467. The summed E-state index contributed by atoms with van der Waals surface area (Å²) in [6.45, 7) is 2.46. The van der Waals surface area contributed by atoms with E-state index in [1.165, 1.54) is 13.0 Å². The molecule has 1 heterocycles. The normalized spacial score (nSPS) is 18.7. The first-order valence-electron chi connectivity index (χ1n) is 7.04. The van der Waals surface area contributed by atoms with E-state index in [2.05, 4.69) is 10.1 Å². The van der Waals surface area contributed by atoms with Crippen LogP contribution in [-0.4, -0.2) is 48.7 Å². The van der Waals surface area contributed by atoms with E-state index in [9.17, 15) is 22.8 Å². The number of halogens is 3. The SMILES string of the molecule is CC(=O)Nc1ccc(C(=O)N2CCO[C@@H](C(F)(F)F)C2)c(C)c1. The average Bonchev–Trinajstić information content (AvgIpc) is 2.45. The zero-order chi connectivity index (χ0) is 17.2. The highest BCUT2D eigenvalue weighted by molar-refractivity contribution is 5.97. The maximum absolute atomic E-state index is 12.7. The Morgan fingerprint density at radius 1 is 1.35 bits per heavy atom. The van der Waals surface area contributed by atoms with Crippen LogP contribution in [0.2, 0.25) is 0 Å². The first-order chi connectivity index (χ1) is 10.7. The van der Waals surface area contributed by atoms with E-state index in [1.54, 1.807) is 19.1 Å². The van der Waals surface area contributed by atoms with Crippen LogP contribution in [0.4, 0.5) is 18.9 Å². The van der Waals surface area contributed by atoms with Gasteiger partial charge in [-0.2, -0.15) is 13.2 Å². The van der Waals surface area contributed by atoms with E-state index in [-0.39, 0.29) is 19.1 Å². The van der Waals surface area contributed by atoms with E-state index >= 15 is 0 Å². The summed E-state index contributed by atoms with van der Waals surface area (Å²) in [5.41, 5.74) is 1.42. The Kier molecular flexibility index (Phi) is 4.93. The number of benzene rings is 1. The lowest BCUT2D eigenvalue weighted by Gasteiger charge is -2.34. The fourth-order valence-corrected chi connectivity index (χ4v) is 2.39. The summed E-state index contributed by atoms with van der Waals surface area (Å²) in [5.74, 6) is -0.723. The van der Waals surface area contributed by atoms with Crippen LogP contribution in [0.15, 0.2) is 18.2 Å². The molecular formula is C15H17F3N2O3. The molecule has 1 N–H and O–H groups in total. The summed E-state index contributed by atoms with van der Waals surface area (Å²) in [6.07, 6.45) is -6.46. The van der Waals surface area contributed by atoms with Gasteiger partial charge in [0.05, 0.1) is 13.2 Å². The number of amides is 2. The van der Waals surface area contributed by atoms with Crippen molar-refractivity contribution in [2.24, 2.45) is 0 Å². The molecule has 0 aromatic heterocycles. The number of rotatable bonds is 2. The molecule has 2 rings (SSSR count).